The van der Waals surface area contributed by atoms with Crippen LogP contribution in [0.15, 0.2) is 71.2 Å². The van der Waals surface area contributed by atoms with Gasteiger partial charge >= 0.3 is 0 Å². The Balaban J connectivity index is 1.84. The lowest BCUT2D eigenvalue weighted by Crippen LogP contribution is -2.20. The highest BCUT2D eigenvalue weighted by atomic mass is 35.5. The number of pyridine rings is 1. The first-order valence-electron chi connectivity index (χ1n) is 10.1. The lowest BCUT2D eigenvalue weighted by atomic mass is 10.1. The van der Waals surface area contributed by atoms with E-state index in [2.05, 4.69) is 10.3 Å². The Morgan fingerprint density at radius 2 is 1.83 bits per heavy atom. The van der Waals surface area contributed by atoms with E-state index in [-0.39, 0.29) is 27.8 Å². The quantitative estimate of drug-likeness (QED) is 0.244. The van der Waals surface area contributed by atoms with Gasteiger partial charge in [0.1, 0.15) is 28.6 Å². The summed E-state index contributed by atoms with van der Waals surface area (Å²) < 4.78 is 7.19. The number of nitriles is 1. The van der Waals surface area contributed by atoms with Crippen molar-refractivity contribution in [1.82, 2.24) is 9.38 Å². The van der Waals surface area contributed by atoms with Crippen LogP contribution in [-0.2, 0) is 4.79 Å². The molecule has 0 aliphatic rings. The van der Waals surface area contributed by atoms with Crippen molar-refractivity contribution in [2.45, 2.75) is 6.92 Å². The smallest absolute Gasteiger partial charge is 0.269 e. The third kappa shape index (κ3) is 5.31. The number of fused-ring (bicyclic) bond motifs is 1. The van der Waals surface area contributed by atoms with Crippen molar-refractivity contribution in [1.29, 1.82) is 5.26 Å². The molecule has 7 nitrogen and oxygen atoms in total. The number of carbonyl (C=O) groups excluding carboxylic acids is 1. The molecule has 2 aromatic heterocycles. The third-order valence-corrected chi connectivity index (χ3v) is 5.69. The van der Waals surface area contributed by atoms with Crippen LogP contribution in [0, 0.1) is 18.3 Å². The predicted octanol–water partition coefficient (Wildman–Crippen LogP) is 6.30. The van der Waals surface area contributed by atoms with Gasteiger partial charge in [-0.1, -0.05) is 40.9 Å². The number of ether oxygens (including phenoxy) is 1. The molecule has 0 radical (unpaired) electrons. The summed E-state index contributed by atoms with van der Waals surface area (Å²) in [6.07, 6.45) is 2.67. The minimum atomic E-state index is -0.723. The minimum absolute atomic E-state index is 0.109. The Morgan fingerprint density at radius 3 is 2.51 bits per heavy atom. The SMILES string of the molecule is Cc1cccn2c(=O)c(/C=C(/C#N)C(=O)Nc3ccc(Cl)cc3)c(Oc3ccc(Cl)cc3Cl)nc12. The second kappa shape index (κ2) is 10.2. The molecule has 4 aromatic rings. The Morgan fingerprint density at radius 1 is 1.11 bits per heavy atom. The molecule has 0 aliphatic carbocycles. The van der Waals surface area contributed by atoms with Crippen LogP contribution >= 0.6 is 34.8 Å². The van der Waals surface area contributed by atoms with Crippen molar-refractivity contribution in [2.24, 2.45) is 0 Å². The topological polar surface area (TPSA) is 96.5 Å². The number of nitrogens with zero attached hydrogens (tertiary/aromatic N) is 3. The molecule has 174 valence electrons. The fourth-order valence-electron chi connectivity index (χ4n) is 3.18. The van der Waals surface area contributed by atoms with Crippen molar-refractivity contribution in [2.75, 3.05) is 5.32 Å². The first-order chi connectivity index (χ1) is 16.8. The molecule has 1 amide bonds. The number of nitrogens with one attached hydrogen (secondary N) is 1. The molecule has 4 rings (SSSR count). The molecular formula is C25H15Cl3N4O3. The van der Waals surface area contributed by atoms with Gasteiger partial charge in [-0.05, 0) is 67.1 Å². The fraction of sp³-hybridized carbons (Fsp3) is 0.0400. The summed E-state index contributed by atoms with van der Waals surface area (Å²) in [5.41, 5.74) is 0.507. The molecule has 0 saturated carbocycles. The van der Waals surface area contributed by atoms with Gasteiger partial charge in [0.2, 0.25) is 5.88 Å². The molecule has 0 saturated heterocycles. The highest BCUT2D eigenvalue weighted by Gasteiger charge is 2.19. The number of halogens is 3. The number of carbonyl (C=O) groups is 1. The summed E-state index contributed by atoms with van der Waals surface area (Å²) in [5, 5.41) is 13.4. The molecule has 0 unspecified atom stereocenters. The van der Waals surface area contributed by atoms with E-state index in [1.165, 1.54) is 22.7 Å². The summed E-state index contributed by atoms with van der Waals surface area (Å²) in [6.45, 7) is 1.79. The molecule has 0 aliphatic heterocycles. The minimum Gasteiger partial charge on any atom is -0.437 e. The highest BCUT2D eigenvalue weighted by molar-refractivity contribution is 6.35. The number of hydrogen-bond acceptors (Lipinski definition) is 5. The maximum Gasteiger partial charge on any atom is 0.269 e. The van der Waals surface area contributed by atoms with Gasteiger partial charge in [-0.25, -0.2) is 0 Å². The molecular weight excluding hydrogens is 511 g/mol. The standard InChI is InChI=1S/C25H15Cl3N4O3/c1-14-3-2-10-32-22(14)31-24(35-21-9-6-17(27)12-20(21)28)19(25(32)34)11-15(13-29)23(33)30-18-7-4-16(26)5-8-18/h2-12H,1H3,(H,30,33)/b15-11-. The van der Waals surface area contributed by atoms with E-state index in [0.29, 0.717) is 26.9 Å². The molecule has 0 bridgehead atoms. The summed E-state index contributed by atoms with van der Waals surface area (Å²) in [4.78, 5) is 30.7. The number of aryl methyl sites for hydroxylation is 1. The number of aromatic nitrogens is 2. The van der Waals surface area contributed by atoms with Crippen molar-refractivity contribution >= 4 is 58.1 Å². The number of hydrogen-bond donors (Lipinski definition) is 1. The molecule has 0 spiro atoms. The lowest BCUT2D eigenvalue weighted by Gasteiger charge is -2.12. The number of anilines is 1. The van der Waals surface area contributed by atoms with E-state index in [9.17, 15) is 14.9 Å². The third-order valence-electron chi connectivity index (χ3n) is 4.91. The molecule has 0 fully saturated rings. The molecule has 2 heterocycles. The molecule has 35 heavy (non-hydrogen) atoms. The van der Waals surface area contributed by atoms with Gasteiger partial charge in [0.25, 0.3) is 11.5 Å². The average molecular weight is 526 g/mol. The van der Waals surface area contributed by atoms with Crippen LogP contribution in [0.3, 0.4) is 0 Å². The number of amides is 1. The van der Waals surface area contributed by atoms with Crippen molar-refractivity contribution < 1.29 is 9.53 Å². The molecule has 1 N–H and O–H groups in total. The Kier molecular flexibility index (Phi) is 7.08. The summed E-state index contributed by atoms with van der Waals surface area (Å²) in [7, 11) is 0. The Labute approximate surface area is 214 Å². The van der Waals surface area contributed by atoms with Crippen LogP contribution in [0.1, 0.15) is 11.1 Å². The van der Waals surface area contributed by atoms with E-state index < -0.39 is 11.5 Å². The molecule has 0 atom stereocenters. The first kappa shape index (κ1) is 24.3. The maximum atomic E-state index is 13.4. The van der Waals surface area contributed by atoms with Gasteiger partial charge in [-0.2, -0.15) is 10.2 Å². The number of benzene rings is 2. The van der Waals surface area contributed by atoms with Crippen LogP contribution in [0.5, 0.6) is 11.6 Å². The normalized spacial score (nSPS) is 11.2. The zero-order valence-electron chi connectivity index (χ0n) is 18.1. The first-order valence-corrected chi connectivity index (χ1v) is 11.2. The highest BCUT2D eigenvalue weighted by Crippen LogP contribution is 2.32. The second-order valence-corrected chi connectivity index (χ2v) is 8.61. The van der Waals surface area contributed by atoms with Gasteiger partial charge in [-0.3, -0.25) is 14.0 Å². The largest absolute Gasteiger partial charge is 0.437 e. The van der Waals surface area contributed by atoms with E-state index in [4.69, 9.17) is 39.5 Å². The van der Waals surface area contributed by atoms with Crippen LogP contribution in [0.2, 0.25) is 15.1 Å². The zero-order valence-corrected chi connectivity index (χ0v) is 20.3. The zero-order chi connectivity index (χ0) is 25.1. The molecule has 2 aromatic carbocycles. The van der Waals surface area contributed by atoms with Crippen LogP contribution < -0.4 is 15.6 Å². The van der Waals surface area contributed by atoms with Crippen molar-refractivity contribution in [3.05, 3.63) is 103 Å². The van der Waals surface area contributed by atoms with Crippen molar-refractivity contribution in [3.8, 4) is 17.7 Å². The van der Waals surface area contributed by atoms with E-state index >= 15 is 0 Å². The lowest BCUT2D eigenvalue weighted by molar-refractivity contribution is -0.112. The van der Waals surface area contributed by atoms with E-state index in [0.717, 1.165) is 6.08 Å². The van der Waals surface area contributed by atoms with Crippen LogP contribution in [0.25, 0.3) is 11.7 Å². The van der Waals surface area contributed by atoms with Gasteiger partial charge < -0.3 is 10.1 Å². The van der Waals surface area contributed by atoms with Crippen LogP contribution in [0.4, 0.5) is 5.69 Å². The number of rotatable bonds is 5. The van der Waals surface area contributed by atoms with Gasteiger partial charge in [-0.15, -0.1) is 0 Å². The monoisotopic (exact) mass is 524 g/mol. The second-order valence-electron chi connectivity index (χ2n) is 7.33. The molecule has 10 heteroatoms. The van der Waals surface area contributed by atoms with Crippen molar-refractivity contribution in [3.63, 3.8) is 0 Å². The van der Waals surface area contributed by atoms with E-state index in [1.807, 2.05) is 6.07 Å². The van der Waals surface area contributed by atoms with Crippen LogP contribution in [-0.4, -0.2) is 15.3 Å². The summed E-state index contributed by atoms with van der Waals surface area (Å²) >= 11 is 18.1. The van der Waals surface area contributed by atoms with E-state index in [1.54, 1.807) is 49.4 Å². The Bertz CT molecular complexity index is 1590. The average Bonchev–Trinajstić information content (AvgIpc) is 2.83. The predicted molar refractivity (Wildman–Crippen MR) is 136 cm³/mol. The van der Waals surface area contributed by atoms with Gasteiger partial charge in [0.15, 0.2) is 0 Å². The summed E-state index contributed by atoms with van der Waals surface area (Å²) in [5.74, 6) is -0.653. The maximum absolute atomic E-state index is 13.4. The van der Waals surface area contributed by atoms with Gasteiger partial charge in [0, 0.05) is 21.9 Å². The van der Waals surface area contributed by atoms with Gasteiger partial charge in [0.05, 0.1) is 5.02 Å². The fourth-order valence-corrected chi connectivity index (χ4v) is 3.75. The Hall–Kier alpha value is -3.83. The summed E-state index contributed by atoms with van der Waals surface area (Å²) in [6, 6.07) is 16.2.